The number of aromatic nitrogens is 4. The van der Waals surface area contributed by atoms with Crippen molar-refractivity contribution in [2.24, 2.45) is 0 Å². The van der Waals surface area contributed by atoms with Crippen LogP contribution in [0, 0.1) is 10.9 Å². The predicted molar refractivity (Wildman–Crippen MR) is 106 cm³/mol. The molecule has 0 aliphatic heterocycles. The van der Waals surface area contributed by atoms with E-state index >= 15 is 0 Å². The predicted octanol–water partition coefficient (Wildman–Crippen LogP) is 4.33. The first-order valence-corrected chi connectivity index (χ1v) is 10.5. The summed E-state index contributed by atoms with van der Waals surface area (Å²) in [6.07, 6.45) is 0. The lowest BCUT2D eigenvalue weighted by Crippen LogP contribution is -2.14. The standard InChI is InChI=1S/C16H12N4OS4/c1-10-8-23-14-17-11(7-13(21)19(10)14)9-24-15-18-20(16(22)25-15)12-5-3-2-4-6-12/h2-8H,9H2,1H3. The van der Waals surface area contributed by atoms with Gasteiger partial charge in [-0.15, -0.1) is 16.4 Å². The van der Waals surface area contributed by atoms with Crippen LogP contribution >= 0.6 is 46.7 Å². The molecule has 0 fully saturated rings. The molecule has 0 saturated heterocycles. The first-order chi connectivity index (χ1) is 12.1. The van der Waals surface area contributed by atoms with Crippen LogP contribution in [0.3, 0.4) is 0 Å². The number of nitrogens with zero attached hydrogens (tertiary/aromatic N) is 4. The monoisotopic (exact) mass is 404 g/mol. The number of fused-ring (bicyclic) bond motifs is 1. The third-order valence-corrected chi connectivity index (χ3v) is 6.84. The van der Waals surface area contributed by atoms with Crippen LogP contribution < -0.4 is 5.56 Å². The van der Waals surface area contributed by atoms with Crippen molar-refractivity contribution in [3.05, 3.63) is 67.5 Å². The van der Waals surface area contributed by atoms with E-state index in [1.54, 1.807) is 26.9 Å². The molecule has 0 aliphatic carbocycles. The molecule has 126 valence electrons. The Labute approximate surface area is 160 Å². The smallest absolute Gasteiger partial charge is 0.258 e. The lowest BCUT2D eigenvalue weighted by Gasteiger charge is -2.00. The second-order valence-corrected chi connectivity index (χ2v) is 8.93. The molecule has 0 amide bonds. The molecule has 9 heteroatoms. The molecular weight excluding hydrogens is 392 g/mol. The molecule has 0 bridgehead atoms. The number of hydrogen-bond acceptors (Lipinski definition) is 7. The number of thiazole rings is 1. The van der Waals surface area contributed by atoms with Gasteiger partial charge in [0.1, 0.15) is 0 Å². The highest BCUT2D eigenvalue weighted by molar-refractivity contribution is 8.00. The van der Waals surface area contributed by atoms with E-state index in [2.05, 4.69) is 10.1 Å². The minimum Gasteiger partial charge on any atom is -0.269 e. The SMILES string of the molecule is Cc1csc2nc(CSc3nn(-c4ccccc4)c(=S)s3)cc(=O)n12. The highest BCUT2D eigenvalue weighted by atomic mass is 32.2. The van der Waals surface area contributed by atoms with Gasteiger partial charge >= 0.3 is 0 Å². The maximum Gasteiger partial charge on any atom is 0.258 e. The first-order valence-electron chi connectivity index (χ1n) is 7.37. The van der Waals surface area contributed by atoms with Gasteiger partial charge in [-0.1, -0.05) is 41.3 Å². The molecule has 1 aromatic carbocycles. The molecule has 4 rings (SSSR count). The van der Waals surface area contributed by atoms with E-state index in [9.17, 15) is 4.79 Å². The fourth-order valence-corrected chi connectivity index (χ4v) is 5.51. The number of para-hydroxylation sites is 1. The van der Waals surface area contributed by atoms with Crippen molar-refractivity contribution in [1.82, 2.24) is 19.2 Å². The summed E-state index contributed by atoms with van der Waals surface area (Å²) < 4.78 is 4.95. The van der Waals surface area contributed by atoms with E-state index in [1.807, 2.05) is 42.6 Å². The maximum atomic E-state index is 12.2. The van der Waals surface area contributed by atoms with Gasteiger partial charge in [-0.25, -0.2) is 9.67 Å². The normalized spacial score (nSPS) is 11.2. The fraction of sp³-hybridized carbons (Fsp3) is 0.125. The van der Waals surface area contributed by atoms with Gasteiger partial charge < -0.3 is 0 Å². The third kappa shape index (κ3) is 3.32. The van der Waals surface area contributed by atoms with Gasteiger partial charge in [0.15, 0.2) is 13.3 Å². The van der Waals surface area contributed by atoms with Crippen molar-refractivity contribution >= 4 is 51.6 Å². The molecule has 0 spiro atoms. The summed E-state index contributed by atoms with van der Waals surface area (Å²) in [6.45, 7) is 1.91. The molecule has 0 N–H and O–H groups in total. The summed E-state index contributed by atoms with van der Waals surface area (Å²) in [7, 11) is 0. The van der Waals surface area contributed by atoms with E-state index < -0.39 is 0 Å². The van der Waals surface area contributed by atoms with Gasteiger partial charge in [-0.2, -0.15) is 0 Å². The summed E-state index contributed by atoms with van der Waals surface area (Å²) in [4.78, 5) is 17.5. The van der Waals surface area contributed by atoms with E-state index in [4.69, 9.17) is 12.2 Å². The summed E-state index contributed by atoms with van der Waals surface area (Å²) in [5.41, 5.74) is 2.57. The topological polar surface area (TPSA) is 52.2 Å². The number of hydrogen-bond donors (Lipinski definition) is 0. The summed E-state index contributed by atoms with van der Waals surface area (Å²) in [6, 6.07) is 11.4. The molecule has 0 atom stereocenters. The van der Waals surface area contributed by atoms with Crippen molar-refractivity contribution in [3.63, 3.8) is 0 Å². The molecule has 0 saturated carbocycles. The quantitative estimate of drug-likeness (QED) is 0.374. The fourth-order valence-electron chi connectivity index (χ4n) is 2.36. The van der Waals surface area contributed by atoms with Crippen molar-refractivity contribution in [3.8, 4) is 5.69 Å². The first kappa shape index (κ1) is 16.6. The minimum atomic E-state index is -0.0400. The molecule has 3 heterocycles. The van der Waals surface area contributed by atoms with Crippen LogP contribution in [0.1, 0.15) is 11.4 Å². The number of benzene rings is 1. The number of aryl methyl sites for hydroxylation is 1. The molecule has 0 aliphatic rings. The molecule has 3 aromatic heterocycles. The summed E-state index contributed by atoms with van der Waals surface area (Å²) in [5.74, 6) is 0.583. The van der Waals surface area contributed by atoms with Gasteiger partial charge in [0.2, 0.25) is 0 Å². The van der Waals surface area contributed by atoms with Crippen molar-refractivity contribution in [1.29, 1.82) is 0 Å². The van der Waals surface area contributed by atoms with Crippen molar-refractivity contribution in [2.75, 3.05) is 0 Å². The van der Waals surface area contributed by atoms with Gasteiger partial charge in [0, 0.05) is 22.9 Å². The average Bonchev–Trinajstić information content (AvgIpc) is 3.17. The highest BCUT2D eigenvalue weighted by Crippen LogP contribution is 2.26. The second-order valence-electron chi connectivity index (χ2n) is 5.25. The van der Waals surface area contributed by atoms with Crippen LogP contribution in [0.15, 0.2) is 50.9 Å². The Morgan fingerprint density at radius 2 is 2.08 bits per heavy atom. The van der Waals surface area contributed by atoms with Crippen molar-refractivity contribution in [2.45, 2.75) is 17.0 Å². The van der Waals surface area contributed by atoms with Crippen LogP contribution in [0.4, 0.5) is 0 Å². The lowest BCUT2D eigenvalue weighted by molar-refractivity contribution is 0.829. The summed E-state index contributed by atoms with van der Waals surface area (Å²) in [5, 5.41) is 6.51. The zero-order chi connectivity index (χ0) is 17.4. The Bertz CT molecular complexity index is 1160. The summed E-state index contributed by atoms with van der Waals surface area (Å²) >= 11 is 9.89. The van der Waals surface area contributed by atoms with Crippen LogP contribution in [-0.4, -0.2) is 19.2 Å². The zero-order valence-electron chi connectivity index (χ0n) is 13.1. The lowest BCUT2D eigenvalue weighted by atomic mass is 10.3. The minimum absolute atomic E-state index is 0.0400. The van der Waals surface area contributed by atoms with Crippen molar-refractivity contribution < 1.29 is 0 Å². The van der Waals surface area contributed by atoms with Gasteiger partial charge in [0.25, 0.3) is 5.56 Å². The molecular formula is C16H12N4OS4. The Hall–Kier alpha value is -1.81. The highest BCUT2D eigenvalue weighted by Gasteiger charge is 2.10. The zero-order valence-corrected chi connectivity index (χ0v) is 16.3. The van der Waals surface area contributed by atoms with Crippen LogP contribution in [0.25, 0.3) is 10.6 Å². The second kappa shape index (κ2) is 6.83. The largest absolute Gasteiger partial charge is 0.269 e. The van der Waals surface area contributed by atoms with E-state index in [-0.39, 0.29) is 5.56 Å². The molecule has 0 unspecified atom stereocenters. The Balaban J connectivity index is 1.58. The third-order valence-electron chi connectivity index (χ3n) is 3.50. The molecule has 4 aromatic rings. The maximum absolute atomic E-state index is 12.2. The van der Waals surface area contributed by atoms with Crippen LogP contribution in [0.5, 0.6) is 0 Å². The molecule has 5 nitrogen and oxygen atoms in total. The number of rotatable bonds is 4. The Morgan fingerprint density at radius 3 is 2.88 bits per heavy atom. The van der Waals surface area contributed by atoms with Crippen LogP contribution in [0.2, 0.25) is 0 Å². The molecule has 25 heavy (non-hydrogen) atoms. The van der Waals surface area contributed by atoms with E-state index in [1.165, 1.54) is 22.7 Å². The molecule has 0 radical (unpaired) electrons. The Kier molecular flexibility index (Phi) is 4.55. The van der Waals surface area contributed by atoms with Gasteiger partial charge in [-0.3, -0.25) is 9.20 Å². The van der Waals surface area contributed by atoms with Crippen LogP contribution in [-0.2, 0) is 5.75 Å². The van der Waals surface area contributed by atoms with E-state index in [0.717, 1.165) is 26.4 Å². The average molecular weight is 405 g/mol. The van der Waals surface area contributed by atoms with Gasteiger partial charge in [0.05, 0.1) is 11.4 Å². The van der Waals surface area contributed by atoms with Gasteiger partial charge in [-0.05, 0) is 31.3 Å². The number of thioether (sulfide) groups is 1. The Morgan fingerprint density at radius 1 is 1.28 bits per heavy atom. The van der Waals surface area contributed by atoms with E-state index in [0.29, 0.717) is 9.71 Å².